The molecule has 1 aromatic heterocycles. The maximum Gasteiger partial charge on any atom is 0.408 e. The van der Waals surface area contributed by atoms with E-state index in [9.17, 15) is 25.0 Å². The molecule has 0 atom stereocenters. The first kappa shape index (κ1) is 22.0. The minimum atomic E-state index is -0.759. The molecule has 0 unspecified atom stereocenters. The minimum Gasteiger partial charge on any atom is -0.457 e. The number of nitrogens with zero attached hydrogens (tertiary/aromatic N) is 4. The number of hydrogen-bond acceptors (Lipinski definition) is 7. The number of halogens is 2. The first-order valence-electron chi connectivity index (χ1n) is 8.54. The number of rotatable bonds is 7. The zero-order valence-corrected chi connectivity index (χ0v) is 17.3. The number of nitro benzene ring substituents is 1. The molecule has 0 aliphatic carbocycles. The molecule has 0 saturated carbocycles. The molecular formula is C18H13Cl2N5O6. The number of hydrogen-bond donors (Lipinski definition) is 1. The minimum absolute atomic E-state index is 0.0913. The van der Waals surface area contributed by atoms with E-state index in [2.05, 4.69) is 10.4 Å². The summed E-state index contributed by atoms with van der Waals surface area (Å²) >= 11 is 11.7. The van der Waals surface area contributed by atoms with Gasteiger partial charge in [0.1, 0.15) is 18.0 Å². The Hall–Kier alpha value is -3.70. The average molecular weight is 466 g/mol. The summed E-state index contributed by atoms with van der Waals surface area (Å²) in [6, 6.07) is 10.1. The standard InChI is InChI=1S/C18H13Cl2N5O6/c1-10-17(20)18(25(29)30)22-23(10)9-16(26)21-12-6-13(24(27)28)8-15(7-12)31-14-4-2-11(19)3-5-14/h2-8H,9H2,1H3,(H,21,26). The fourth-order valence-corrected chi connectivity index (χ4v) is 2.90. The number of ether oxygens (including phenoxy) is 1. The van der Waals surface area contributed by atoms with E-state index in [4.69, 9.17) is 27.9 Å². The molecule has 1 N–H and O–H groups in total. The lowest BCUT2D eigenvalue weighted by Crippen LogP contribution is -2.20. The second-order valence-electron chi connectivity index (χ2n) is 6.21. The van der Waals surface area contributed by atoms with Gasteiger partial charge in [-0.15, -0.1) is 0 Å². The molecule has 0 radical (unpaired) electrons. The van der Waals surface area contributed by atoms with Crippen molar-refractivity contribution in [2.75, 3.05) is 5.32 Å². The Balaban J connectivity index is 1.81. The second kappa shape index (κ2) is 8.98. The molecule has 0 bridgehead atoms. The van der Waals surface area contributed by atoms with Crippen LogP contribution in [0.15, 0.2) is 42.5 Å². The predicted molar refractivity (Wildman–Crippen MR) is 112 cm³/mol. The number of carbonyl (C=O) groups excluding carboxylic acids is 1. The van der Waals surface area contributed by atoms with Gasteiger partial charge in [0.15, 0.2) is 5.02 Å². The Bertz CT molecular complexity index is 1180. The molecule has 1 heterocycles. The van der Waals surface area contributed by atoms with E-state index >= 15 is 0 Å². The zero-order chi connectivity index (χ0) is 22.7. The van der Waals surface area contributed by atoms with Crippen molar-refractivity contribution in [3.05, 3.63) is 78.4 Å². The third-order valence-electron chi connectivity index (χ3n) is 4.02. The highest BCUT2D eigenvalue weighted by Gasteiger charge is 2.25. The summed E-state index contributed by atoms with van der Waals surface area (Å²) < 4.78 is 6.67. The van der Waals surface area contributed by atoms with Gasteiger partial charge in [-0.05, 0) is 36.1 Å². The van der Waals surface area contributed by atoms with E-state index in [1.54, 1.807) is 24.3 Å². The lowest BCUT2D eigenvalue weighted by Gasteiger charge is -2.09. The molecule has 1 amide bonds. The number of nitrogens with one attached hydrogen (secondary N) is 1. The van der Waals surface area contributed by atoms with Gasteiger partial charge in [-0.1, -0.05) is 23.2 Å². The zero-order valence-electron chi connectivity index (χ0n) is 15.7. The average Bonchev–Trinajstić information content (AvgIpc) is 2.98. The van der Waals surface area contributed by atoms with Crippen molar-refractivity contribution in [2.45, 2.75) is 13.5 Å². The Morgan fingerprint density at radius 3 is 2.35 bits per heavy atom. The maximum atomic E-state index is 12.4. The lowest BCUT2D eigenvalue weighted by molar-refractivity contribution is -0.389. The van der Waals surface area contributed by atoms with Crippen molar-refractivity contribution >= 4 is 46.3 Å². The van der Waals surface area contributed by atoms with E-state index in [0.717, 1.165) is 10.7 Å². The van der Waals surface area contributed by atoms with Crippen molar-refractivity contribution in [2.24, 2.45) is 0 Å². The number of anilines is 1. The molecule has 11 nitrogen and oxygen atoms in total. The van der Waals surface area contributed by atoms with Crippen molar-refractivity contribution in [1.29, 1.82) is 0 Å². The Morgan fingerprint density at radius 2 is 1.77 bits per heavy atom. The molecule has 3 rings (SSSR count). The van der Waals surface area contributed by atoms with E-state index in [0.29, 0.717) is 10.8 Å². The highest BCUT2D eigenvalue weighted by molar-refractivity contribution is 6.33. The molecule has 0 spiro atoms. The summed E-state index contributed by atoms with van der Waals surface area (Å²) in [6.45, 7) is 1.08. The third kappa shape index (κ3) is 5.27. The fraction of sp³-hybridized carbons (Fsp3) is 0.111. The summed E-state index contributed by atoms with van der Waals surface area (Å²) in [5.74, 6) is -0.701. The van der Waals surface area contributed by atoms with Gasteiger partial charge in [0.2, 0.25) is 5.91 Å². The smallest absolute Gasteiger partial charge is 0.408 e. The molecule has 31 heavy (non-hydrogen) atoms. The van der Waals surface area contributed by atoms with E-state index in [1.807, 2.05) is 0 Å². The monoisotopic (exact) mass is 465 g/mol. The van der Waals surface area contributed by atoms with Crippen LogP contribution in [0, 0.1) is 27.2 Å². The molecule has 160 valence electrons. The first-order valence-corrected chi connectivity index (χ1v) is 9.29. The summed E-state index contributed by atoms with van der Waals surface area (Å²) in [4.78, 5) is 33.2. The van der Waals surface area contributed by atoms with Crippen molar-refractivity contribution in [3.63, 3.8) is 0 Å². The summed E-state index contributed by atoms with van der Waals surface area (Å²) in [7, 11) is 0. The number of amides is 1. The van der Waals surface area contributed by atoms with E-state index < -0.39 is 28.1 Å². The molecule has 3 aromatic rings. The second-order valence-corrected chi connectivity index (χ2v) is 7.03. The van der Waals surface area contributed by atoms with Gasteiger partial charge in [0, 0.05) is 17.2 Å². The SMILES string of the molecule is Cc1c(Cl)c([N+](=O)[O-])nn1CC(=O)Nc1cc(Oc2ccc(Cl)cc2)cc([N+](=O)[O-])c1. The number of benzene rings is 2. The van der Waals surface area contributed by atoms with Crippen LogP contribution in [0.25, 0.3) is 0 Å². The molecule has 0 saturated heterocycles. The molecule has 2 aromatic carbocycles. The van der Waals surface area contributed by atoms with Crippen LogP contribution in [0.2, 0.25) is 10.0 Å². The van der Waals surface area contributed by atoms with Crippen LogP contribution in [-0.4, -0.2) is 25.5 Å². The van der Waals surface area contributed by atoms with Crippen LogP contribution in [0.3, 0.4) is 0 Å². The molecule has 0 fully saturated rings. The van der Waals surface area contributed by atoms with Gasteiger partial charge in [-0.3, -0.25) is 14.9 Å². The highest BCUT2D eigenvalue weighted by atomic mass is 35.5. The van der Waals surface area contributed by atoms with Crippen LogP contribution in [0.1, 0.15) is 5.69 Å². The van der Waals surface area contributed by atoms with Gasteiger partial charge in [-0.25, -0.2) is 0 Å². The number of nitro groups is 2. The van der Waals surface area contributed by atoms with Crippen LogP contribution in [0.5, 0.6) is 11.5 Å². The summed E-state index contributed by atoms with van der Waals surface area (Å²) in [5, 5.41) is 28.7. The van der Waals surface area contributed by atoms with Gasteiger partial charge in [-0.2, -0.15) is 4.68 Å². The number of carbonyl (C=O) groups is 1. The molecule has 13 heteroatoms. The quantitative estimate of drug-likeness (QED) is 0.391. The van der Waals surface area contributed by atoms with Crippen LogP contribution in [-0.2, 0) is 11.3 Å². The third-order valence-corrected chi connectivity index (χ3v) is 4.71. The van der Waals surface area contributed by atoms with Crippen LogP contribution >= 0.6 is 23.2 Å². The van der Waals surface area contributed by atoms with Gasteiger partial charge >= 0.3 is 5.82 Å². The van der Waals surface area contributed by atoms with Crippen molar-refractivity contribution in [1.82, 2.24) is 9.78 Å². The fourth-order valence-electron chi connectivity index (χ4n) is 2.57. The van der Waals surface area contributed by atoms with E-state index in [-0.39, 0.29) is 27.8 Å². The lowest BCUT2D eigenvalue weighted by atomic mass is 10.2. The molecule has 0 aliphatic heterocycles. The Morgan fingerprint density at radius 1 is 1.10 bits per heavy atom. The summed E-state index contributed by atoms with van der Waals surface area (Å²) in [5.41, 5.74) is 0.0126. The van der Waals surface area contributed by atoms with Gasteiger partial charge in [0.25, 0.3) is 5.69 Å². The van der Waals surface area contributed by atoms with Gasteiger partial charge < -0.3 is 20.2 Å². The van der Waals surface area contributed by atoms with Crippen molar-refractivity contribution in [3.8, 4) is 11.5 Å². The maximum absolute atomic E-state index is 12.4. The highest BCUT2D eigenvalue weighted by Crippen LogP contribution is 2.31. The summed E-state index contributed by atoms with van der Waals surface area (Å²) in [6.07, 6.45) is 0. The molecule has 0 aliphatic rings. The van der Waals surface area contributed by atoms with Crippen LogP contribution in [0.4, 0.5) is 17.2 Å². The Kier molecular flexibility index (Phi) is 6.37. The topological polar surface area (TPSA) is 142 Å². The predicted octanol–water partition coefficient (Wildman–Crippen LogP) is 4.75. The number of non-ortho nitro benzene ring substituents is 1. The first-order chi connectivity index (χ1) is 14.6. The molecular weight excluding hydrogens is 453 g/mol. The van der Waals surface area contributed by atoms with E-state index in [1.165, 1.54) is 19.1 Å². The van der Waals surface area contributed by atoms with Gasteiger partial charge in [0.05, 0.1) is 27.5 Å². The Labute approximate surface area is 184 Å². The number of aromatic nitrogens is 2. The van der Waals surface area contributed by atoms with Crippen molar-refractivity contribution < 1.29 is 19.4 Å². The largest absolute Gasteiger partial charge is 0.457 e. The van der Waals surface area contributed by atoms with Crippen LogP contribution < -0.4 is 10.1 Å². The normalized spacial score (nSPS) is 10.5.